The summed E-state index contributed by atoms with van der Waals surface area (Å²) in [5, 5.41) is 14.0. The maximum absolute atomic E-state index is 12.9. The van der Waals surface area contributed by atoms with Crippen LogP contribution in [0.3, 0.4) is 0 Å². The number of carbonyl (C=O) groups is 1. The lowest BCUT2D eigenvalue weighted by Gasteiger charge is -2.41. The maximum atomic E-state index is 12.9. The fourth-order valence-corrected chi connectivity index (χ4v) is 4.06. The zero-order valence-corrected chi connectivity index (χ0v) is 18.1. The highest BCUT2D eigenvalue weighted by Crippen LogP contribution is 2.47. The minimum Gasteiger partial charge on any atom is -0.356 e. The van der Waals surface area contributed by atoms with Crippen molar-refractivity contribution in [1.29, 1.82) is 0 Å². The van der Waals surface area contributed by atoms with Crippen LogP contribution >= 0.6 is 0 Å². The van der Waals surface area contributed by atoms with E-state index < -0.39 is 0 Å². The molecule has 1 heterocycles. The van der Waals surface area contributed by atoms with Crippen molar-refractivity contribution in [3.8, 4) is 0 Å². The molecule has 0 bridgehead atoms. The summed E-state index contributed by atoms with van der Waals surface area (Å²) in [6.07, 6.45) is 5.06. The number of aromatic nitrogens is 2. The quantitative estimate of drug-likeness (QED) is 0.619. The van der Waals surface area contributed by atoms with Gasteiger partial charge in [-0.15, -0.1) is 0 Å². The van der Waals surface area contributed by atoms with Crippen LogP contribution in [0.4, 0.5) is 0 Å². The van der Waals surface area contributed by atoms with Gasteiger partial charge in [-0.3, -0.25) is 9.89 Å². The predicted octanol–water partition coefficient (Wildman–Crippen LogP) is 2.74. The molecule has 0 saturated heterocycles. The van der Waals surface area contributed by atoms with E-state index in [1.165, 1.54) is 5.56 Å². The van der Waals surface area contributed by atoms with Gasteiger partial charge in [0.15, 0.2) is 0 Å². The Morgan fingerprint density at radius 1 is 1.44 bits per heavy atom. The molecule has 27 heavy (non-hydrogen) atoms. The van der Waals surface area contributed by atoms with Crippen LogP contribution in [0, 0.1) is 17.3 Å². The van der Waals surface area contributed by atoms with E-state index in [4.69, 9.17) is 0 Å². The van der Waals surface area contributed by atoms with E-state index in [0.717, 1.165) is 51.1 Å². The standard InChI is InChI=1S/C21H39N5O/c1-15(2)12-23-20(27)18-11-16(7-8-21(18,3)4)19-17(13-24-25-19)14-26(6)10-9-22-5/h13,15-16,18,22H,7-12,14H2,1-6H3,(H,23,27)(H,24,25). The predicted molar refractivity (Wildman–Crippen MR) is 111 cm³/mol. The number of likely N-dealkylation sites (N-methyl/N-ethyl adjacent to an activating group) is 2. The van der Waals surface area contributed by atoms with E-state index in [9.17, 15) is 4.79 Å². The van der Waals surface area contributed by atoms with Crippen molar-refractivity contribution in [2.24, 2.45) is 17.3 Å². The van der Waals surface area contributed by atoms with Gasteiger partial charge in [-0.25, -0.2) is 0 Å². The molecule has 2 atom stereocenters. The first-order valence-electron chi connectivity index (χ1n) is 10.4. The summed E-state index contributed by atoms with van der Waals surface area (Å²) in [4.78, 5) is 15.2. The number of rotatable bonds is 9. The lowest BCUT2D eigenvalue weighted by molar-refractivity contribution is -0.130. The topological polar surface area (TPSA) is 73.0 Å². The molecule has 6 nitrogen and oxygen atoms in total. The van der Waals surface area contributed by atoms with Crippen LogP contribution in [0.15, 0.2) is 6.20 Å². The van der Waals surface area contributed by atoms with Gasteiger partial charge in [0.25, 0.3) is 0 Å². The normalized spacial score (nSPS) is 22.4. The Labute approximate surface area is 164 Å². The van der Waals surface area contributed by atoms with Crippen LogP contribution in [0.1, 0.15) is 64.1 Å². The minimum absolute atomic E-state index is 0.0393. The molecule has 1 aliphatic carbocycles. The summed E-state index contributed by atoms with van der Waals surface area (Å²) >= 11 is 0. The zero-order valence-electron chi connectivity index (χ0n) is 18.1. The number of nitrogens with one attached hydrogen (secondary N) is 3. The van der Waals surface area contributed by atoms with Gasteiger partial charge < -0.3 is 15.5 Å². The molecule has 0 radical (unpaired) electrons. The Hall–Kier alpha value is -1.40. The Bertz CT molecular complexity index is 595. The zero-order chi connectivity index (χ0) is 20.0. The van der Waals surface area contributed by atoms with E-state index in [1.807, 2.05) is 13.2 Å². The number of amides is 1. The largest absolute Gasteiger partial charge is 0.356 e. The molecule has 0 spiro atoms. The third-order valence-corrected chi connectivity index (χ3v) is 5.92. The molecule has 1 aromatic rings. The monoisotopic (exact) mass is 377 g/mol. The fraction of sp³-hybridized carbons (Fsp3) is 0.810. The first kappa shape index (κ1) is 21.9. The van der Waals surface area contributed by atoms with Crippen LogP contribution in [-0.2, 0) is 11.3 Å². The van der Waals surface area contributed by atoms with E-state index in [0.29, 0.717) is 11.8 Å². The van der Waals surface area contributed by atoms with E-state index in [-0.39, 0.29) is 17.2 Å². The van der Waals surface area contributed by atoms with E-state index in [1.54, 1.807) is 0 Å². The van der Waals surface area contributed by atoms with Crippen molar-refractivity contribution in [3.05, 3.63) is 17.5 Å². The maximum Gasteiger partial charge on any atom is 0.223 e. The Kier molecular flexibility index (Phi) is 7.86. The van der Waals surface area contributed by atoms with Gasteiger partial charge >= 0.3 is 0 Å². The van der Waals surface area contributed by atoms with Gasteiger partial charge in [0.1, 0.15) is 0 Å². The summed E-state index contributed by atoms with van der Waals surface area (Å²) in [6, 6.07) is 0. The van der Waals surface area contributed by atoms with Crippen molar-refractivity contribution in [3.63, 3.8) is 0 Å². The molecule has 0 aromatic carbocycles. The highest BCUT2D eigenvalue weighted by Gasteiger charge is 2.42. The van der Waals surface area contributed by atoms with Crippen molar-refractivity contribution < 1.29 is 4.79 Å². The molecule has 1 aromatic heterocycles. The molecule has 0 aliphatic heterocycles. The second kappa shape index (κ2) is 9.69. The lowest BCUT2D eigenvalue weighted by atomic mass is 9.64. The number of hydrogen-bond acceptors (Lipinski definition) is 4. The van der Waals surface area contributed by atoms with Gasteiger partial charge in [0, 0.05) is 49.8 Å². The summed E-state index contributed by atoms with van der Waals surface area (Å²) in [5.74, 6) is 1.08. The first-order chi connectivity index (χ1) is 12.7. The highest BCUT2D eigenvalue weighted by atomic mass is 16.1. The molecule has 2 rings (SSSR count). The molecule has 2 unspecified atom stereocenters. The summed E-state index contributed by atoms with van der Waals surface area (Å²) in [7, 11) is 4.12. The second-order valence-corrected chi connectivity index (χ2v) is 9.29. The van der Waals surface area contributed by atoms with Gasteiger partial charge in [0.05, 0.1) is 5.69 Å². The summed E-state index contributed by atoms with van der Waals surface area (Å²) in [5.41, 5.74) is 2.46. The number of H-pyrrole nitrogens is 1. The Morgan fingerprint density at radius 2 is 2.19 bits per heavy atom. The van der Waals surface area contributed by atoms with E-state index in [2.05, 4.69) is 60.5 Å². The Balaban J connectivity index is 2.07. The molecule has 1 aliphatic rings. The number of hydrogen-bond donors (Lipinski definition) is 3. The number of nitrogens with zero attached hydrogens (tertiary/aromatic N) is 2. The number of aromatic amines is 1. The second-order valence-electron chi connectivity index (χ2n) is 9.29. The van der Waals surface area contributed by atoms with Crippen LogP contribution < -0.4 is 10.6 Å². The van der Waals surface area contributed by atoms with Crippen molar-refractivity contribution >= 4 is 5.91 Å². The molecular formula is C21H39N5O. The van der Waals surface area contributed by atoms with E-state index >= 15 is 0 Å². The highest BCUT2D eigenvalue weighted by molar-refractivity contribution is 5.79. The smallest absolute Gasteiger partial charge is 0.223 e. The molecular weight excluding hydrogens is 338 g/mol. The van der Waals surface area contributed by atoms with Crippen molar-refractivity contribution in [2.45, 2.75) is 59.4 Å². The fourth-order valence-electron chi connectivity index (χ4n) is 4.06. The molecule has 3 N–H and O–H groups in total. The average molecular weight is 378 g/mol. The SMILES string of the molecule is CNCCN(C)Cc1c[nH]nc1C1CCC(C)(C)C(C(=O)NCC(C)C)C1. The van der Waals surface area contributed by atoms with Gasteiger partial charge in [-0.2, -0.15) is 5.10 Å². The molecule has 6 heteroatoms. The van der Waals surface area contributed by atoms with Crippen LogP contribution in [0.2, 0.25) is 0 Å². The number of carbonyl (C=O) groups excluding carboxylic acids is 1. The van der Waals surface area contributed by atoms with Gasteiger partial charge in [-0.05, 0) is 44.7 Å². The van der Waals surface area contributed by atoms with Gasteiger partial charge in [-0.1, -0.05) is 27.7 Å². The third-order valence-electron chi connectivity index (χ3n) is 5.92. The van der Waals surface area contributed by atoms with Gasteiger partial charge in [0.2, 0.25) is 5.91 Å². The molecule has 1 fully saturated rings. The molecule has 1 amide bonds. The van der Waals surface area contributed by atoms with Crippen molar-refractivity contribution in [1.82, 2.24) is 25.7 Å². The van der Waals surface area contributed by atoms with Crippen molar-refractivity contribution in [2.75, 3.05) is 33.7 Å². The van der Waals surface area contributed by atoms with Crippen LogP contribution in [0.5, 0.6) is 0 Å². The summed E-state index contributed by atoms with van der Waals surface area (Å²) < 4.78 is 0. The molecule has 154 valence electrons. The third kappa shape index (κ3) is 6.04. The summed E-state index contributed by atoms with van der Waals surface area (Å²) in [6.45, 7) is 12.3. The first-order valence-corrected chi connectivity index (χ1v) is 10.4. The Morgan fingerprint density at radius 3 is 2.85 bits per heavy atom. The lowest BCUT2D eigenvalue weighted by Crippen LogP contribution is -2.43. The van der Waals surface area contributed by atoms with Crippen LogP contribution in [0.25, 0.3) is 0 Å². The minimum atomic E-state index is 0.0393. The average Bonchev–Trinajstić information content (AvgIpc) is 3.05. The molecule has 1 saturated carbocycles. The van der Waals surface area contributed by atoms with Crippen LogP contribution in [-0.4, -0.2) is 54.7 Å².